The number of hydrogen-bond donors (Lipinski definition) is 2. The first-order valence-corrected chi connectivity index (χ1v) is 6.85. The number of nitrogens with one attached hydrogen (secondary N) is 1. The van der Waals surface area contributed by atoms with Crippen LogP contribution in [0.4, 0.5) is 0 Å². The minimum atomic E-state index is 0.111. The quantitative estimate of drug-likeness (QED) is 0.905. The van der Waals surface area contributed by atoms with E-state index in [9.17, 15) is 0 Å². The summed E-state index contributed by atoms with van der Waals surface area (Å²) in [6.45, 7) is 3.86. The maximum absolute atomic E-state index is 6.03. The van der Waals surface area contributed by atoms with Crippen molar-refractivity contribution in [2.75, 3.05) is 0 Å². The summed E-state index contributed by atoms with van der Waals surface area (Å²) >= 11 is 7.53. The van der Waals surface area contributed by atoms with Gasteiger partial charge in [0, 0.05) is 16.0 Å². The molecule has 0 saturated heterocycles. The summed E-state index contributed by atoms with van der Waals surface area (Å²) < 4.78 is 0. The van der Waals surface area contributed by atoms with Crippen LogP contribution >= 0.6 is 23.4 Å². The second kappa shape index (κ2) is 5.73. The lowest BCUT2D eigenvalue weighted by molar-refractivity contribution is 0.729. The fraction of sp³-hybridized carbons (Fsp3) is 0.333. The Hall–Kier alpha value is -1.04. The van der Waals surface area contributed by atoms with Gasteiger partial charge in [0.15, 0.2) is 0 Å². The van der Waals surface area contributed by atoms with Crippen LogP contribution < -0.4 is 5.73 Å². The van der Waals surface area contributed by atoms with Gasteiger partial charge < -0.3 is 5.73 Å². The Morgan fingerprint density at radius 3 is 2.89 bits per heavy atom. The Bertz CT molecular complexity index is 539. The lowest BCUT2D eigenvalue weighted by Gasteiger charge is -2.10. The van der Waals surface area contributed by atoms with Crippen molar-refractivity contribution >= 4 is 23.4 Å². The van der Waals surface area contributed by atoms with Gasteiger partial charge in [0.05, 0.1) is 0 Å². The smallest absolute Gasteiger partial charge is 0.213 e. The molecular formula is C12H15ClN4S. The SMILES string of the molecule is Cc1nc(Sc2cc(Cl)ccc2CC(C)N)n[nH]1. The molecule has 0 radical (unpaired) electrons. The van der Waals surface area contributed by atoms with Crippen molar-refractivity contribution < 1.29 is 0 Å². The number of benzene rings is 1. The normalized spacial score (nSPS) is 12.7. The van der Waals surface area contributed by atoms with Crippen molar-refractivity contribution in [2.24, 2.45) is 5.73 Å². The number of hydrogen-bond acceptors (Lipinski definition) is 4. The van der Waals surface area contributed by atoms with Crippen LogP contribution in [0.2, 0.25) is 5.02 Å². The van der Waals surface area contributed by atoms with E-state index in [4.69, 9.17) is 17.3 Å². The molecule has 0 fully saturated rings. The molecule has 0 saturated carbocycles. The predicted molar refractivity (Wildman–Crippen MR) is 74.0 cm³/mol. The summed E-state index contributed by atoms with van der Waals surface area (Å²) in [7, 11) is 0. The van der Waals surface area contributed by atoms with Crippen LogP contribution in [0.5, 0.6) is 0 Å². The molecule has 2 rings (SSSR count). The second-order valence-electron chi connectivity index (χ2n) is 4.24. The number of nitrogens with zero attached hydrogens (tertiary/aromatic N) is 2. The molecule has 1 aromatic heterocycles. The number of nitrogens with two attached hydrogens (primary N) is 1. The fourth-order valence-electron chi connectivity index (χ4n) is 1.61. The van der Waals surface area contributed by atoms with E-state index in [-0.39, 0.29) is 6.04 Å². The van der Waals surface area contributed by atoms with Crippen LogP contribution in [-0.4, -0.2) is 21.2 Å². The Labute approximate surface area is 115 Å². The third kappa shape index (κ3) is 3.48. The lowest BCUT2D eigenvalue weighted by Crippen LogP contribution is -2.18. The van der Waals surface area contributed by atoms with Crippen LogP contribution in [0.25, 0.3) is 0 Å². The van der Waals surface area contributed by atoms with E-state index in [1.807, 2.05) is 32.0 Å². The number of halogens is 1. The van der Waals surface area contributed by atoms with Crippen LogP contribution in [0.1, 0.15) is 18.3 Å². The van der Waals surface area contributed by atoms with Crippen LogP contribution in [0.15, 0.2) is 28.3 Å². The zero-order chi connectivity index (χ0) is 13.1. The van der Waals surface area contributed by atoms with Gasteiger partial charge in [-0.3, -0.25) is 5.10 Å². The molecule has 2 aromatic rings. The molecule has 1 atom stereocenters. The van der Waals surface area contributed by atoms with E-state index in [1.54, 1.807) is 0 Å². The molecule has 1 unspecified atom stereocenters. The van der Waals surface area contributed by atoms with E-state index >= 15 is 0 Å². The zero-order valence-corrected chi connectivity index (χ0v) is 11.8. The molecule has 18 heavy (non-hydrogen) atoms. The monoisotopic (exact) mass is 282 g/mol. The summed E-state index contributed by atoms with van der Waals surface area (Å²) in [4.78, 5) is 5.33. The molecular weight excluding hydrogens is 268 g/mol. The highest BCUT2D eigenvalue weighted by Gasteiger charge is 2.10. The number of aromatic nitrogens is 3. The van der Waals surface area contributed by atoms with E-state index in [0.717, 1.165) is 17.1 Å². The molecule has 0 aliphatic rings. The van der Waals surface area contributed by atoms with Gasteiger partial charge in [-0.05, 0) is 49.7 Å². The van der Waals surface area contributed by atoms with Gasteiger partial charge in [0.1, 0.15) is 5.82 Å². The van der Waals surface area contributed by atoms with Crippen molar-refractivity contribution in [1.29, 1.82) is 0 Å². The number of aromatic amines is 1. The van der Waals surface area contributed by atoms with Gasteiger partial charge in [-0.25, -0.2) is 4.98 Å². The first-order valence-electron chi connectivity index (χ1n) is 5.65. The van der Waals surface area contributed by atoms with Crippen molar-refractivity contribution in [2.45, 2.75) is 36.4 Å². The van der Waals surface area contributed by atoms with Gasteiger partial charge in [-0.2, -0.15) is 0 Å². The first kappa shape index (κ1) is 13.4. The van der Waals surface area contributed by atoms with Crippen molar-refractivity contribution in [3.05, 3.63) is 34.6 Å². The largest absolute Gasteiger partial charge is 0.328 e. The van der Waals surface area contributed by atoms with Gasteiger partial charge in [0.25, 0.3) is 0 Å². The molecule has 1 heterocycles. The number of H-pyrrole nitrogens is 1. The summed E-state index contributed by atoms with van der Waals surface area (Å²) in [5.41, 5.74) is 7.02. The standard InChI is InChI=1S/C12H15ClN4S/c1-7(14)5-9-3-4-10(13)6-11(9)18-12-15-8(2)16-17-12/h3-4,6-7H,5,14H2,1-2H3,(H,15,16,17). The van der Waals surface area contributed by atoms with Crippen molar-refractivity contribution in [3.8, 4) is 0 Å². The molecule has 0 aliphatic heterocycles. The zero-order valence-electron chi connectivity index (χ0n) is 10.3. The Morgan fingerprint density at radius 2 is 2.28 bits per heavy atom. The molecule has 0 bridgehead atoms. The van der Waals surface area contributed by atoms with Crippen LogP contribution in [-0.2, 0) is 6.42 Å². The number of aryl methyl sites for hydroxylation is 1. The highest BCUT2D eigenvalue weighted by atomic mass is 35.5. The first-order chi connectivity index (χ1) is 8.54. The molecule has 1 aromatic carbocycles. The fourth-order valence-corrected chi connectivity index (χ4v) is 2.78. The Kier molecular flexibility index (Phi) is 4.27. The Morgan fingerprint density at radius 1 is 1.50 bits per heavy atom. The molecule has 3 N–H and O–H groups in total. The highest BCUT2D eigenvalue weighted by Crippen LogP contribution is 2.31. The molecule has 6 heteroatoms. The lowest BCUT2D eigenvalue weighted by atomic mass is 10.1. The average molecular weight is 283 g/mol. The minimum absolute atomic E-state index is 0.111. The van der Waals surface area contributed by atoms with Gasteiger partial charge >= 0.3 is 0 Å². The van der Waals surface area contributed by atoms with Crippen LogP contribution in [0.3, 0.4) is 0 Å². The van der Waals surface area contributed by atoms with Crippen molar-refractivity contribution in [3.63, 3.8) is 0 Å². The summed E-state index contributed by atoms with van der Waals surface area (Å²) in [5, 5.41) is 8.34. The predicted octanol–water partition coefficient (Wildman–Crippen LogP) is 2.81. The maximum atomic E-state index is 6.03. The second-order valence-corrected chi connectivity index (χ2v) is 5.68. The van der Waals surface area contributed by atoms with E-state index in [0.29, 0.717) is 10.2 Å². The van der Waals surface area contributed by atoms with E-state index < -0.39 is 0 Å². The van der Waals surface area contributed by atoms with Gasteiger partial charge in [-0.15, -0.1) is 5.10 Å². The Balaban J connectivity index is 2.27. The average Bonchev–Trinajstić information content (AvgIpc) is 2.67. The molecule has 4 nitrogen and oxygen atoms in total. The molecule has 0 spiro atoms. The van der Waals surface area contributed by atoms with E-state index in [1.165, 1.54) is 17.3 Å². The third-order valence-electron chi connectivity index (χ3n) is 2.35. The summed E-state index contributed by atoms with van der Waals surface area (Å²) in [5.74, 6) is 0.799. The summed E-state index contributed by atoms with van der Waals surface area (Å²) in [6.07, 6.45) is 0.808. The van der Waals surface area contributed by atoms with E-state index in [2.05, 4.69) is 15.2 Å². The van der Waals surface area contributed by atoms with Crippen molar-refractivity contribution in [1.82, 2.24) is 15.2 Å². The van der Waals surface area contributed by atoms with Gasteiger partial charge in [0.2, 0.25) is 5.16 Å². The molecule has 0 amide bonds. The highest BCUT2D eigenvalue weighted by molar-refractivity contribution is 7.99. The van der Waals surface area contributed by atoms with Crippen LogP contribution in [0, 0.1) is 6.92 Å². The topological polar surface area (TPSA) is 67.6 Å². The number of rotatable bonds is 4. The third-order valence-corrected chi connectivity index (χ3v) is 3.55. The minimum Gasteiger partial charge on any atom is -0.328 e. The van der Waals surface area contributed by atoms with Gasteiger partial charge in [-0.1, -0.05) is 17.7 Å². The maximum Gasteiger partial charge on any atom is 0.213 e. The molecule has 0 aliphatic carbocycles. The molecule has 96 valence electrons. The summed E-state index contributed by atoms with van der Waals surface area (Å²) in [6, 6.07) is 5.93.